The highest BCUT2D eigenvalue weighted by Gasteiger charge is 2.04. The van der Waals surface area contributed by atoms with Gasteiger partial charge in [0.15, 0.2) is 5.76 Å². The van der Waals surface area contributed by atoms with Gasteiger partial charge in [-0.05, 0) is 24.3 Å². The molecule has 18 heavy (non-hydrogen) atoms. The van der Waals surface area contributed by atoms with Crippen molar-refractivity contribution in [2.75, 3.05) is 5.32 Å². The van der Waals surface area contributed by atoms with Crippen LogP contribution in [0.1, 0.15) is 10.6 Å². The van der Waals surface area contributed by atoms with Crippen LogP contribution in [0.3, 0.4) is 0 Å². The van der Waals surface area contributed by atoms with Gasteiger partial charge >= 0.3 is 0 Å². The van der Waals surface area contributed by atoms with Crippen molar-refractivity contribution in [3.63, 3.8) is 0 Å². The quantitative estimate of drug-likeness (QED) is 0.667. The second kappa shape index (κ2) is 5.76. The van der Waals surface area contributed by atoms with Gasteiger partial charge in [0.05, 0.1) is 22.0 Å². The van der Waals surface area contributed by atoms with E-state index < -0.39 is 0 Å². The third kappa shape index (κ3) is 2.94. The second-order valence-corrected chi connectivity index (χ2v) is 4.21. The van der Waals surface area contributed by atoms with E-state index in [-0.39, 0.29) is 11.5 Å². The largest absolute Gasteiger partial charge is 0.461 e. The summed E-state index contributed by atoms with van der Waals surface area (Å²) in [6.45, 7) is 0. The number of ketones is 1. The highest BCUT2D eigenvalue weighted by atomic mass is 35.5. The molecule has 5 heteroatoms. The minimum Gasteiger partial charge on any atom is -0.461 e. The van der Waals surface area contributed by atoms with Crippen LogP contribution in [0.15, 0.2) is 53.3 Å². The molecule has 1 aromatic heterocycles. The van der Waals surface area contributed by atoms with E-state index >= 15 is 0 Å². The fourth-order valence-electron chi connectivity index (χ4n) is 1.32. The lowest BCUT2D eigenvalue weighted by Crippen LogP contribution is -1.94. The van der Waals surface area contributed by atoms with Crippen LogP contribution in [0, 0.1) is 0 Å². The highest BCUT2D eigenvalue weighted by Crippen LogP contribution is 2.29. The molecule has 92 valence electrons. The number of halogens is 2. The molecule has 0 fully saturated rings. The van der Waals surface area contributed by atoms with Gasteiger partial charge in [0, 0.05) is 12.3 Å². The maximum absolute atomic E-state index is 11.6. The van der Waals surface area contributed by atoms with Gasteiger partial charge < -0.3 is 9.73 Å². The summed E-state index contributed by atoms with van der Waals surface area (Å²) in [5, 5.41) is 3.75. The van der Waals surface area contributed by atoms with Crippen molar-refractivity contribution in [1.29, 1.82) is 0 Å². The zero-order valence-electron chi connectivity index (χ0n) is 9.19. The number of carbonyl (C=O) groups is 1. The SMILES string of the molecule is O=C(C=CNc1cccc(Cl)c1Cl)c1ccco1. The Morgan fingerprint density at radius 1 is 1.22 bits per heavy atom. The van der Waals surface area contributed by atoms with E-state index in [9.17, 15) is 4.79 Å². The van der Waals surface area contributed by atoms with Crippen molar-refractivity contribution in [1.82, 2.24) is 0 Å². The number of allylic oxidation sites excluding steroid dienone is 1. The van der Waals surface area contributed by atoms with E-state index in [0.717, 1.165) is 0 Å². The zero-order chi connectivity index (χ0) is 13.0. The van der Waals surface area contributed by atoms with Crippen LogP contribution >= 0.6 is 23.2 Å². The van der Waals surface area contributed by atoms with Gasteiger partial charge in [-0.3, -0.25) is 4.79 Å². The first-order valence-electron chi connectivity index (χ1n) is 5.13. The van der Waals surface area contributed by atoms with Crippen molar-refractivity contribution in [2.24, 2.45) is 0 Å². The number of hydrogen-bond acceptors (Lipinski definition) is 3. The lowest BCUT2D eigenvalue weighted by Gasteiger charge is -2.04. The first-order chi connectivity index (χ1) is 8.68. The maximum atomic E-state index is 11.6. The summed E-state index contributed by atoms with van der Waals surface area (Å²) in [4.78, 5) is 11.6. The number of anilines is 1. The van der Waals surface area contributed by atoms with Gasteiger partial charge in [-0.1, -0.05) is 29.3 Å². The molecule has 1 N–H and O–H groups in total. The third-order valence-electron chi connectivity index (χ3n) is 2.19. The Morgan fingerprint density at radius 2 is 2.06 bits per heavy atom. The normalized spacial score (nSPS) is 10.8. The Morgan fingerprint density at radius 3 is 2.78 bits per heavy atom. The fourth-order valence-corrected chi connectivity index (χ4v) is 1.68. The van der Waals surface area contributed by atoms with Crippen molar-refractivity contribution >= 4 is 34.7 Å². The van der Waals surface area contributed by atoms with E-state index in [2.05, 4.69) is 5.32 Å². The summed E-state index contributed by atoms with van der Waals surface area (Å²) >= 11 is 11.8. The van der Waals surface area contributed by atoms with Crippen molar-refractivity contribution in [3.05, 3.63) is 64.7 Å². The highest BCUT2D eigenvalue weighted by molar-refractivity contribution is 6.43. The molecule has 1 heterocycles. The van der Waals surface area contributed by atoms with Crippen LogP contribution in [-0.4, -0.2) is 5.78 Å². The molecule has 0 aliphatic heterocycles. The molecule has 3 nitrogen and oxygen atoms in total. The summed E-state index contributed by atoms with van der Waals surface area (Å²) in [5.41, 5.74) is 0.632. The van der Waals surface area contributed by atoms with E-state index in [0.29, 0.717) is 15.7 Å². The number of furan rings is 1. The van der Waals surface area contributed by atoms with Crippen LogP contribution in [0.2, 0.25) is 10.0 Å². The monoisotopic (exact) mass is 281 g/mol. The van der Waals surface area contributed by atoms with Crippen molar-refractivity contribution in [2.45, 2.75) is 0 Å². The first kappa shape index (κ1) is 12.7. The summed E-state index contributed by atoms with van der Waals surface area (Å²) in [7, 11) is 0. The standard InChI is InChI=1S/C13H9Cl2NO2/c14-9-3-1-4-10(13(9)15)16-7-6-11(17)12-5-2-8-18-12/h1-8,16H. The fraction of sp³-hybridized carbons (Fsp3) is 0. The van der Waals surface area contributed by atoms with Gasteiger partial charge in [-0.2, -0.15) is 0 Å². The molecular formula is C13H9Cl2NO2. The Balaban J connectivity index is 2.03. The number of rotatable bonds is 4. The molecule has 0 bridgehead atoms. The molecule has 2 rings (SSSR count). The minimum atomic E-state index is -0.231. The Bertz CT molecular complexity index is 577. The third-order valence-corrected chi connectivity index (χ3v) is 3.01. The van der Waals surface area contributed by atoms with E-state index in [1.165, 1.54) is 18.5 Å². The van der Waals surface area contributed by atoms with E-state index in [4.69, 9.17) is 27.6 Å². The molecule has 0 atom stereocenters. The molecular weight excluding hydrogens is 273 g/mol. The van der Waals surface area contributed by atoms with Gasteiger partial charge in [0.25, 0.3) is 0 Å². The predicted molar refractivity (Wildman–Crippen MR) is 72.3 cm³/mol. The summed E-state index contributed by atoms with van der Waals surface area (Å²) in [6.07, 6.45) is 4.29. The molecule has 0 saturated heterocycles. The molecule has 2 aromatic rings. The molecule has 0 amide bonds. The number of benzene rings is 1. The molecule has 0 aliphatic rings. The summed E-state index contributed by atoms with van der Waals surface area (Å²) in [5.74, 6) is 0.0518. The van der Waals surface area contributed by atoms with Crippen molar-refractivity contribution < 1.29 is 9.21 Å². The van der Waals surface area contributed by atoms with E-state index in [1.54, 1.807) is 30.3 Å². The number of hydrogen-bond donors (Lipinski definition) is 1. The van der Waals surface area contributed by atoms with Gasteiger partial charge in [-0.25, -0.2) is 0 Å². The lowest BCUT2D eigenvalue weighted by molar-refractivity contribution is 0.102. The van der Waals surface area contributed by atoms with Gasteiger partial charge in [0.1, 0.15) is 0 Å². The Labute approximate surface area is 114 Å². The number of nitrogens with one attached hydrogen (secondary N) is 1. The van der Waals surface area contributed by atoms with Gasteiger partial charge in [-0.15, -0.1) is 0 Å². The van der Waals surface area contributed by atoms with Crippen molar-refractivity contribution in [3.8, 4) is 0 Å². The predicted octanol–water partition coefficient (Wildman–Crippen LogP) is 4.39. The lowest BCUT2D eigenvalue weighted by atomic mass is 10.3. The summed E-state index contributed by atoms with van der Waals surface area (Å²) < 4.78 is 4.97. The van der Waals surface area contributed by atoms with Crippen LogP contribution in [0.25, 0.3) is 0 Å². The zero-order valence-corrected chi connectivity index (χ0v) is 10.7. The van der Waals surface area contributed by atoms with Crippen LogP contribution in [-0.2, 0) is 0 Å². The molecule has 0 spiro atoms. The van der Waals surface area contributed by atoms with Crippen LogP contribution in [0.5, 0.6) is 0 Å². The first-order valence-corrected chi connectivity index (χ1v) is 5.89. The Hall–Kier alpha value is -1.71. The molecule has 0 unspecified atom stereocenters. The Kier molecular flexibility index (Phi) is 4.07. The molecule has 0 aliphatic carbocycles. The minimum absolute atomic E-state index is 0.231. The molecule has 0 radical (unpaired) electrons. The van der Waals surface area contributed by atoms with Crippen LogP contribution < -0.4 is 5.32 Å². The second-order valence-electron chi connectivity index (χ2n) is 3.42. The molecule has 0 saturated carbocycles. The summed E-state index contributed by atoms with van der Waals surface area (Å²) in [6, 6.07) is 8.46. The number of carbonyl (C=O) groups excluding carboxylic acids is 1. The topological polar surface area (TPSA) is 42.2 Å². The van der Waals surface area contributed by atoms with Gasteiger partial charge in [0.2, 0.25) is 5.78 Å². The average Bonchev–Trinajstić information content (AvgIpc) is 2.88. The smallest absolute Gasteiger partial charge is 0.222 e. The maximum Gasteiger partial charge on any atom is 0.222 e. The van der Waals surface area contributed by atoms with E-state index in [1.807, 2.05) is 0 Å². The average molecular weight is 282 g/mol. The molecule has 1 aromatic carbocycles. The van der Waals surface area contributed by atoms with Crippen LogP contribution in [0.4, 0.5) is 5.69 Å².